The van der Waals surface area contributed by atoms with E-state index in [1.54, 1.807) is 0 Å². The molecule has 2 heteroatoms. The smallest absolute Gasteiger partial charge is 0.132 e. The molecule has 0 atom stereocenters. The van der Waals surface area contributed by atoms with E-state index >= 15 is 0 Å². The molecular formula is C17H26O2. The molecule has 0 bridgehead atoms. The van der Waals surface area contributed by atoms with Crippen molar-refractivity contribution in [2.45, 2.75) is 63.9 Å². The largest absolute Gasteiger partial charge is 0.485 e. The zero-order valence-corrected chi connectivity index (χ0v) is 12.4. The number of hydrogen-bond acceptors (Lipinski definition) is 2. The van der Waals surface area contributed by atoms with Gasteiger partial charge in [-0.3, -0.25) is 0 Å². The Bertz CT molecular complexity index is 412. The first kappa shape index (κ1) is 14.4. The molecule has 0 spiro atoms. The topological polar surface area (TPSA) is 29.5 Å². The van der Waals surface area contributed by atoms with Gasteiger partial charge in [0, 0.05) is 0 Å². The van der Waals surface area contributed by atoms with Gasteiger partial charge in [-0.15, -0.1) is 0 Å². The van der Waals surface area contributed by atoms with Gasteiger partial charge in [-0.05, 0) is 48.8 Å². The van der Waals surface area contributed by atoms with Crippen LogP contribution in [0.1, 0.15) is 58.4 Å². The Kier molecular flexibility index (Phi) is 4.19. The molecule has 1 fully saturated rings. The molecule has 1 aliphatic carbocycles. The van der Waals surface area contributed by atoms with E-state index in [0.29, 0.717) is 0 Å². The second kappa shape index (κ2) is 5.54. The maximum atomic E-state index is 9.71. The number of benzene rings is 1. The second-order valence-electron chi connectivity index (χ2n) is 6.78. The molecule has 1 aliphatic rings. The van der Waals surface area contributed by atoms with Gasteiger partial charge in [0.2, 0.25) is 0 Å². The fraction of sp³-hybridized carbons (Fsp3) is 0.647. The van der Waals surface area contributed by atoms with Crippen LogP contribution in [-0.4, -0.2) is 17.3 Å². The summed E-state index contributed by atoms with van der Waals surface area (Å²) in [6.45, 7) is 6.73. The zero-order chi connectivity index (χ0) is 13.9. The molecule has 19 heavy (non-hydrogen) atoms. The van der Waals surface area contributed by atoms with E-state index in [2.05, 4.69) is 32.9 Å². The van der Waals surface area contributed by atoms with E-state index in [1.165, 1.54) is 12.0 Å². The van der Waals surface area contributed by atoms with Crippen LogP contribution in [0.15, 0.2) is 24.3 Å². The van der Waals surface area contributed by atoms with Gasteiger partial charge in [0.25, 0.3) is 0 Å². The molecule has 0 heterocycles. The summed E-state index contributed by atoms with van der Waals surface area (Å²) in [4.78, 5) is 0. The van der Waals surface area contributed by atoms with E-state index in [9.17, 15) is 5.11 Å². The van der Waals surface area contributed by atoms with Crippen LogP contribution >= 0.6 is 0 Å². The number of rotatable bonds is 3. The Hall–Kier alpha value is -1.02. The van der Waals surface area contributed by atoms with Crippen molar-refractivity contribution < 1.29 is 9.84 Å². The first-order valence-electron chi connectivity index (χ1n) is 7.36. The van der Waals surface area contributed by atoms with Crippen LogP contribution in [0.4, 0.5) is 0 Å². The summed E-state index contributed by atoms with van der Waals surface area (Å²) >= 11 is 0. The average molecular weight is 262 g/mol. The average Bonchev–Trinajstić information content (AvgIpc) is 2.39. The number of ether oxygens (including phenoxy) is 1. The van der Waals surface area contributed by atoms with Gasteiger partial charge in [0.05, 0.1) is 6.61 Å². The van der Waals surface area contributed by atoms with Crippen molar-refractivity contribution in [1.82, 2.24) is 0 Å². The molecule has 1 saturated carbocycles. The van der Waals surface area contributed by atoms with E-state index in [-0.39, 0.29) is 17.6 Å². The Morgan fingerprint density at radius 1 is 1.16 bits per heavy atom. The lowest BCUT2D eigenvalue weighted by Crippen LogP contribution is -2.42. The van der Waals surface area contributed by atoms with E-state index in [0.717, 1.165) is 31.4 Å². The highest BCUT2D eigenvalue weighted by Gasteiger charge is 2.33. The summed E-state index contributed by atoms with van der Waals surface area (Å²) in [6, 6.07) is 8.30. The van der Waals surface area contributed by atoms with Gasteiger partial charge in [0.15, 0.2) is 0 Å². The minimum absolute atomic E-state index is 0.118. The van der Waals surface area contributed by atoms with Crippen LogP contribution < -0.4 is 4.74 Å². The summed E-state index contributed by atoms with van der Waals surface area (Å²) < 4.78 is 6.18. The van der Waals surface area contributed by atoms with Crippen molar-refractivity contribution in [2.75, 3.05) is 6.61 Å². The molecule has 0 saturated heterocycles. The van der Waals surface area contributed by atoms with Gasteiger partial charge in [-0.25, -0.2) is 0 Å². The maximum Gasteiger partial charge on any atom is 0.132 e. The Morgan fingerprint density at radius 2 is 1.84 bits per heavy atom. The number of aliphatic hydroxyl groups excluding tert-OH is 1. The Balaban J connectivity index is 2.18. The van der Waals surface area contributed by atoms with Crippen LogP contribution in [0, 0.1) is 0 Å². The molecule has 1 aromatic rings. The van der Waals surface area contributed by atoms with E-state index in [1.807, 2.05) is 12.1 Å². The summed E-state index contributed by atoms with van der Waals surface area (Å²) in [5.41, 5.74) is 1.04. The van der Waals surface area contributed by atoms with Crippen molar-refractivity contribution >= 4 is 0 Å². The third-order valence-corrected chi connectivity index (χ3v) is 4.09. The molecule has 0 aromatic heterocycles. The van der Waals surface area contributed by atoms with Crippen molar-refractivity contribution in [3.05, 3.63) is 29.8 Å². The van der Waals surface area contributed by atoms with Gasteiger partial charge < -0.3 is 9.84 Å². The van der Waals surface area contributed by atoms with Gasteiger partial charge in [-0.2, -0.15) is 0 Å². The minimum atomic E-state index is -0.352. The maximum absolute atomic E-state index is 9.71. The molecule has 106 valence electrons. The molecular weight excluding hydrogens is 236 g/mol. The van der Waals surface area contributed by atoms with E-state index in [4.69, 9.17) is 4.74 Å². The molecule has 2 nitrogen and oxygen atoms in total. The van der Waals surface area contributed by atoms with Crippen molar-refractivity contribution in [1.29, 1.82) is 0 Å². The van der Waals surface area contributed by atoms with Crippen LogP contribution in [-0.2, 0) is 5.41 Å². The van der Waals surface area contributed by atoms with Crippen LogP contribution in [0.2, 0.25) is 0 Å². The fourth-order valence-corrected chi connectivity index (χ4v) is 2.76. The normalized spacial score (nSPS) is 19.2. The lowest BCUT2D eigenvalue weighted by atomic mass is 9.85. The molecule has 0 radical (unpaired) electrons. The molecule has 1 aromatic carbocycles. The standard InChI is InChI=1S/C17H26O2/c1-16(2,3)14-8-7-9-15(12-14)19-17(13-18)10-5-4-6-11-17/h7-9,12,18H,4-6,10-11,13H2,1-3H3. The lowest BCUT2D eigenvalue weighted by molar-refractivity contribution is -0.0199. The van der Waals surface area contributed by atoms with Crippen molar-refractivity contribution in [3.63, 3.8) is 0 Å². The van der Waals surface area contributed by atoms with Crippen molar-refractivity contribution in [2.24, 2.45) is 0 Å². The third kappa shape index (κ3) is 3.50. The predicted molar refractivity (Wildman–Crippen MR) is 78.7 cm³/mol. The molecule has 0 amide bonds. The Morgan fingerprint density at radius 3 is 2.42 bits per heavy atom. The highest BCUT2D eigenvalue weighted by atomic mass is 16.5. The number of hydrogen-bond donors (Lipinski definition) is 1. The highest BCUT2D eigenvalue weighted by Crippen LogP contribution is 2.34. The predicted octanol–water partition coefficient (Wildman–Crippen LogP) is 4.06. The second-order valence-corrected chi connectivity index (χ2v) is 6.78. The Labute approximate surface area is 116 Å². The summed E-state index contributed by atoms with van der Waals surface area (Å²) in [6.07, 6.45) is 5.48. The third-order valence-electron chi connectivity index (χ3n) is 4.09. The highest BCUT2D eigenvalue weighted by molar-refractivity contribution is 5.33. The first-order valence-corrected chi connectivity index (χ1v) is 7.36. The zero-order valence-electron chi connectivity index (χ0n) is 12.4. The molecule has 0 aliphatic heterocycles. The monoisotopic (exact) mass is 262 g/mol. The molecule has 0 unspecified atom stereocenters. The number of aliphatic hydroxyl groups is 1. The van der Waals surface area contributed by atoms with E-state index < -0.39 is 0 Å². The van der Waals surface area contributed by atoms with Gasteiger partial charge in [0.1, 0.15) is 11.4 Å². The molecule has 2 rings (SSSR count). The molecule has 1 N–H and O–H groups in total. The fourth-order valence-electron chi connectivity index (χ4n) is 2.76. The van der Waals surface area contributed by atoms with Crippen LogP contribution in [0.5, 0.6) is 5.75 Å². The van der Waals surface area contributed by atoms with Gasteiger partial charge in [-0.1, -0.05) is 39.3 Å². The quantitative estimate of drug-likeness (QED) is 0.890. The minimum Gasteiger partial charge on any atom is -0.485 e. The first-order chi connectivity index (χ1) is 8.95. The van der Waals surface area contributed by atoms with Crippen LogP contribution in [0.25, 0.3) is 0 Å². The lowest BCUT2D eigenvalue weighted by Gasteiger charge is -2.36. The summed E-state index contributed by atoms with van der Waals surface area (Å²) in [5, 5.41) is 9.71. The summed E-state index contributed by atoms with van der Waals surface area (Å²) in [5.74, 6) is 0.892. The van der Waals surface area contributed by atoms with Gasteiger partial charge >= 0.3 is 0 Å². The van der Waals surface area contributed by atoms with Crippen LogP contribution in [0.3, 0.4) is 0 Å². The summed E-state index contributed by atoms with van der Waals surface area (Å²) in [7, 11) is 0. The van der Waals surface area contributed by atoms with Crippen molar-refractivity contribution in [3.8, 4) is 5.75 Å². The SMILES string of the molecule is CC(C)(C)c1cccc(OC2(CO)CCCCC2)c1.